The topological polar surface area (TPSA) is 119 Å². The molecule has 178 valence electrons. The molecule has 9 heteroatoms. The molecule has 1 aromatic carbocycles. The van der Waals surface area contributed by atoms with Crippen LogP contribution in [0, 0.1) is 17.8 Å². The van der Waals surface area contributed by atoms with Crippen molar-refractivity contribution in [3.8, 4) is 6.57 Å². The standard InChI is InChI=1S/C24H28N4O4.CHN/c1-16(2)12-22(29)27-24-20-10-9-19(28(20)26-15-25-24)21-11-8-18(32-21)14-31-23(30)13-17-6-4-3-5-7-17;1-2/h3-7,9-10,15-16,18,21H,8,11-14H2,1-2H3,(H,25,26,27,29);1H. The Morgan fingerprint density at radius 1 is 1.21 bits per heavy atom. The number of aromatic nitrogens is 3. The average molecular weight is 464 g/mol. The van der Waals surface area contributed by atoms with Crippen molar-refractivity contribution in [3.63, 3.8) is 0 Å². The highest BCUT2D eigenvalue weighted by Crippen LogP contribution is 2.34. The van der Waals surface area contributed by atoms with Gasteiger partial charge in [0, 0.05) is 13.0 Å². The summed E-state index contributed by atoms with van der Waals surface area (Å²) in [6.07, 6.45) is 3.38. The summed E-state index contributed by atoms with van der Waals surface area (Å²) < 4.78 is 13.3. The third-order valence-electron chi connectivity index (χ3n) is 5.39. The molecular formula is C25H29N5O4. The predicted octanol–water partition coefficient (Wildman–Crippen LogP) is 3.86. The predicted molar refractivity (Wildman–Crippen MR) is 126 cm³/mol. The van der Waals surface area contributed by atoms with E-state index in [1.165, 1.54) is 6.33 Å². The quantitative estimate of drug-likeness (QED) is 0.504. The van der Waals surface area contributed by atoms with Crippen molar-refractivity contribution in [2.45, 2.75) is 51.7 Å². The maximum absolute atomic E-state index is 12.2. The van der Waals surface area contributed by atoms with Gasteiger partial charge in [0.05, 0.1) is 18.2 Å². The third kappa shape index (κ3) is 6.39. The first-order chi connectivity index (χ1) is 16.5. The number of rotatable bonds is 8. The molecule has 1 N–H and O–H groups in total. The SMILES string of the molecule is C#N.CC(C)CC(=O)Nc1ncnn2c(C3CCC(COC(=O)Cc4ccccc4)O3)ccc12. The van der Waals surface area contributed by atoms with E-state index in [1.54, 1.807) is 4.52 Å². The molecule has 1 amide bonds. The molecule has 0 saturated carbocycles. The normalized spacial score (nSPS) is 17.2. The minimum atomic E-state index is -0.258. The number of amides is 1. The fourth-order valence-electron chi connectivity index (χ4n) is 3.89. The lowest BCUT2D eigenvalue weighted by atomic mass is 10.1. The van der Waals surface area contributed by atoms with Crippen LogP contribution in [-0.2, 0) is 25.5 Å². The summed E-state index contributed by atoms with van der Waals surface area (Å²) in [5.74, 6) is 0.422. The zero-order chi connectivity index (χ0) is 24.5. The lowest BCUT2D eigenvalue weighted by molar-refractivity contribution is -0.146. The number of fused-ring (bicyclic) bond motifs is 1. The highest BCUT2D eigenvalue weighted by atomic mass is 16.6. The number of carbonyl (C=O) groups excluding carboxylic acids is 2. The van der Waals surface area contributed by atoms with Crippen LogP contribution in [-0.4, -0.2) is 39.2 Å². The first kappa shape index (κ1) is 24.9. The molecule has 3 heterocycles. The molecule has 0 radical (unpaired) electrons. The van der Waals surface area contributed by atoms with Crippen molar-refractivity contribution < 1.29 is 19.1 Å². The van der Waals surface area contributed by atoms with Gasteiger partial charge in [-0.25, -0.2) is 14.8 Å². The van der Waals surface area contributed by atoms with Crippen LogP contribution in [0.1, 0.15) is 50.5 Å². The Balaban J connectivity index is 0.00000158. The van der Waals surface area contributed by atoms with E-state index in [9.17, 15) is 9.59 Å². The van der Waals surface area contributed by atoms with Gasteiger partial charge in [0.2, 0.25) is 5.91 Å². The van der Waals surface area contributed by atoms with Gasteiger partial charge in [-0.1, -0.05) is 44.2 Å². The van der Waals surface area contributed by atoms with Gasteiger partial charge in [-0.2, -0.15) is 5.10 Å². The number of hydrogen-bond donors (Lipinski definition) is 1. The molecule has 1 aliphatic rings. The van der Waals surface area contributed by atoms with Gasteiger partial charge in [0.25, 0.3) is 0 Å². The van der Waals surface area contributed by atoms with E-state index in [1.807, 2.05) is 56.3 Å². The summed E-state index contributed by atoms with van der Waals surface area (Å²) >= 11 is 0. The number of nitrogens with one attached hydrogen (secondary N) is 1. The summed E-state index contributed by atoms with van der Waals surface area (Å²) in [4.78, 5) is 28.5. The van der Waals surface area contributed by atoms with Crippen LogP contribution in [0.2, 0.25) is 0 Å². The fraction of sp³-hybridized carbons (Fsp3) is 0.400. The molecule has 2 unspecified atom stereocenters. The summed E-state index contributed by atoms with van der Waals surface area (Å²) in [6, 6.07) is 13.4. The molecule has 34 heavy (non-hydrogen) atoms. The summed E-state index contributed by atoms with van der Waals surface area (Å²) in [7, 11) is 0. The van der Waals surface area contributed by atoms with Crippen molar-refractivity contribution in [1.29, 1.82) is 5.26 Å². The van der Waals surface area contributed by atoms with Crippen molar-refractivity contribution >= 4 is 23.2 Å². The fourth-order valence-corrected chi connectivity index (χ4v) is 3.89. The maximum atomic E-state index is 12.2. The monoisotopic (exact) mass is 463 g/mol. The Morgan fingerprint density at radius 2 is 1.97 bits per heavy atom. The van der Waals surface area contributed by atoms with Gasteiger partial charge < -0.3 is 14.8 Å². The van der Waals surface area contributed by atoms with Crippen LogP contribution < -0.4 is 5.32 Å². The number of ether oxygens (including phenoxy) is 2. The average Bonchev–Trinajstić information content (AvgIpc) is 3.47. The summed E-state index contributed by atoms with van der Waals surface area (Å²) in [5, 5.41) is 13.7. The lowest BCUT2D eigenvalue weighted by Gasteiger charge is -2.14. The van der Waals surface area contributed by atoms with E-state index in [0.29, 0.717) is 12.2 Å². The smallest absolute Gasteiger partial charge is 0.310 e. The van der Waals surface area contributed by atoms with Crippen molar-refractivity contribution in [3.05, 3.63) is 60.0 Å². The molecule has 2 aromatic heterocycles. The second-order valence-corrected chi connectivity index (χ2v) is 8.48. The van der Waals surface area contributed by atoms with Gasteiger partial charge >= 0.3 is 5.97 Å². The van der Waals surface area contributed by atoms with Crippen LogP contribution in [0.25, 0.3) is 5.52 Å². The number of anilines is 1. The highest BCUT2D eigenvalue weighted by molar-refractivity contribution is 5.93. The molecule has 3 aromatic rings. The number of esters is 1. The summed E-state index contributed by atoms with van der Waals surface area (Å²) in [5.41, 5.74) is 2.54. The lowest BCUT2D eigenvalue weighted by Crippen LogP contribution is -2.19. The molecule has 2 atom stereocenters. The second kappa shape index (κ2) is 11.9. The van der Waals surface area contributed by atoms with Crippen LogP contribution in [0.3, 0.4) is 0 Å². The minimum Gasteiger partial charge on any atom is -0.463 e. The Kier molecular flexibility index (Phi) is 8.71. The number of nitrogens with zero attached hydrogens (tertiary/aromatic N) is 4. The summed E-state index contributed by atoms with van der Waals surface area (Å²) in [6.45, 7) is 7.73. The third-order valence-corrected chi connectivity index (χ3v) is 5.39. The van der Waals surface area contributed by atoms with Crippen LogP contribution in [0.5, 0.6) is 0 Å². The second-order valence-electron chi connectivity index (χ2n) is 8.48. The van der Waals surface area contributed by atoms with Crippen molar-refractivity contribution in [1.82, 2.24) is 14.6 Å². The first-order valence-corrected chi connectivity index (χ1v) is 11.2. The zero-order valence-corrected chi connectivity index (χ0v) is 19.4. The van der Waals surface area contributed by atoms with Gasteiger partial charge in [-0.05, 0) is 36.5 Å². The van der Waals surface area contributed by atoms with Gasteiger partial charge in [-0.3, -0.25) is 9.59 Å². The minimum absolute atomic E-state index is 0.0714. The molecule has 4 rings (SSSR count). The molecular weight excluding hydrogens is 434 g/mol. The molecule has 1 saturated heterocycles. The van der Waals surface area contributed by atoms with Crippen LogP contribution in [0.15, 0.2) is 48.8 Å². The van der Waals surface area contributed by atoms with Gasteiger partial charge in [-0.15, -0.1) is 0 Å². The zero-order valence-electron chi connectivity index (χ0n) is 19.4. The van der Waals surface area contributed by atoms with E-state index >= 15 is 0 Å². The first-order valence-electron chi connectivity index (χ1n) is 11.2. The van der Waals surface area contributed by atoms with E-state index < -0.39 is 0 Å². The van der Waals surface area contributed by atoms with Gasteiger partial charge in [0.1, 0.15) is 24.6 Å². The Bertz CT molecular complexity index is 1130. The highest BCUT2D eigenvalue weighted by Gasteiger charge is 2.30. The Labute approximate surface area is 198 Å². The Hall–Kier alpha value is -3.77. The van der Waals surface area contributed by atoms with E-state index in [2.05, 4.69) is 22.0 Å². The van der Waals surface area contributed by atoms with E-state index in [-0.39, 0.29) is 43.0 Å². The maximum Gasteiger partial charge on any atom is 0.310 e. The largest absolute Gasteiger partial charge is 0.463 e. The van der Waals surface area contributed by atoms with Crippen LogP contribution >= 0.6 is 0 Å². The molecule has 9 nitrogen and oxygen atoms in total. The molecule has 0 spiro atoms. The molecule has 1 aliphatic heterocycles. The number of hydrogen-bond acceptors (Lipinski definition) is 7. The molecule has 0 bridgehead atoms. The van der Waals surface area contributed by atoms with Crippen LogP contribution in [0.4, 0.5) is 5.82 Å². The van der Waals surface area contributed by atoms with Crippen molar-refractivity contribution in [2.24, 2.45) is 5.92 Å². The number of benzene rings is 1. The number of nitriles is 1. The molecule has 1 fully saturated rings. The van der Waals surface area contributed by atoms with E-state index in [0.717, 1.165) is 29.6 Å². The van der Waals surface area contributed by atoms with E-state index in [4.69, 9.17) is 14.7 Å². The van der Waals surface area contributed by atoms with Crippen molar-refractivity contribution in [2.75, 3.05) is 11.9 Å². The van der Waals surface area contributed by atoms with Gasteiger partial charge in [0.15, 0.2) is 5.82 Å². The number of carbonyl (C=O) groups is 2. The molecule has 0 aliphatic carbocycles. The Morgan fingerprint density at radius 3 is 2.71 bits per heavy atom.